The Bertz CT molecular complexity index is 672. The number of carbonyl (C=O) groups is 4. The third-order valence-electron chi connectivity index (χ3n) is 3.76. The molecule has 0 unspecified atom stereocenters. The number of hydrogen-bond donors (Lipinski definition) is 2. The van der Waals surface area contributed by atoms with E-state index in [1.807, 2.05) is 6.92 Å². The van der Waals surface area contributed by atoms with Gasteiger partial charge in [0.1, 0.15) is 12.6 Å². The highest BCUT2D eigenvalue weighted by Crippen LogP contribution is 2.19. The van der Waals surface area contributed by atoms with E-state index in [4.69, 9.17) is 0 Å². The van der Waals surface area contributed by atoms with Crippen LogP contribution in [0, 0.1) is 0 Å². The van der Waals surface area contributed by atoms with Crippen LogP contribution in [-0.4, -0.2) is 47.7 Å². The third kappa shape index (κ3) is 3.98. The standard InChI is InChI=1S/C17H21N3O4/c1-3-8-18-16(23)11(2)19-14(21)10-20-15(22)9-12-6-4-5-7-13(12)17(20)24/h4-7,11H,3,8-10H2,1-2H3,(H,18,23)(H,19,21)/t11-/m0/s1. The molecule has 24 heavy (non-hydrogen) atoms. The lowest BCUT2D eigenvalue weighted by molar-refractivity contribution is -0.134. The number of hydrogen-bond acceptors (Lipinski definition) is 4. The van der Waals surface area contributed by atoms with E-state index >= 15 is 0 Å². The van der Waals surface area contributed by atoms with Crippen LogP contribution in [0.5, 0.6) is 0 Å². The zero-order chi connectivity index (χ0) is 17.7. The van der Waals surface area contributed by atoms with Crippen molar-refractivity contribution >= 4 is 23.6 Å². The van der Waals surface area contributed by atoms with Gasteiger partial charge in [-0.15, -0.1) is 0 Å². The Balaban J connectivity index is 1.98. The Morgan fingerprint density at radius 3 is 2.67 bits per heavy atom. The van der Waals surface area contributed by atoms with Crippen molar-refractivity contribution in [2.24, 2.45) is 0 Å². The first-order chi connectivity index (χ1) is 11.4. The second-order valence-electron chi connectivity index (χ2n) is 5.70. The first-order valence-electron chi connectivity index (χ1n) is 7.93. The van der Waals surface area contributed by atoms with E-state index in [1.54, 1.807) is 31.2 Å². The minimum absolute atomic E-state index is 0.0851. The number of nitrogens with zero attached hydrogens (tertiary/aromatic N) is 1. The normalized spacial score (nSPS) is 14.8. The first-order valence-corrected chi connectivity index (χ1v) is 7.93. The first kappa shape index (κ1) is 17.7. The predicted octanol–water partition coefficient (Wildman–Crippen LogP) is 0.242. The lowest BCUT2D eigenvalue weighted by atomic mass is 9.98. The molecule has 1 aliphatic rings. The maximum absolute atomic E-state index is 12.4. The van der Waals surface area contributed by atoms with E-state index in [-0.39, 0.29) is 12.3 Å². The van der Waals surface area contributed by atoms with Crippen LogP contribution in [0.4, 0.5) is 0 Å². The van der Waals surface area contributed by atoms with Crippen LogP contribution < -0.4 is 10.6 Å². The highest BCUT2D eigenvalue weighted by molar-refractivity contribution is 6.11. The van der Waals surface area contributed by atoms with Crippen molar-refractivity contribution in [1.82, 2.24) is 15.5 Å². The summed E-state index contributed by atoms with van der Waals surface area (Å²) >= 11 is 0. The van der Waals surface area contributed by atoms with Gasteiger partial charge in [0.25, 0.3) is 5.91 Å². The summed E-state index contributed by atoms with van der Waals surface area (Å²) < 4.78 is 0. The fraction of sp³-hybridized carbons (Fsp3) is 0.412. The highest BCUT2D eigenvalue weighted by atomic mass is 16.2. The van der Waals surface area contributed by atoms with Gasteiger partial charge in [-0.1, -0.05) is 25.1 Å². The van der Waals surface area contributed by atoms with Gasteiger partial charge in [0, 0.05) is 12.1 Å². The summed E-state index contributed by atoms with van der Waals surface area (Å²) in [4.78, 5) is 49.2. The molecule has 1 aliphatic heterocycles. The maximum Gasteiger partial charge on any atom is 0.261 e. The van der Waals surface area contributed by atoms with Crippen molar-refractivity contribution in [3.8, 4) is 0 Å². The Hall–Kier alpha value is -2.70. The summed E-state index contributed by atoms with van der Waals surface area (Å²) in [7, 11) is 0. The molecule has 1 aromatic carbocycles. The van der Waals surface area contributed by atoms with Crippen LogP contribution in [0.25, 0.3) is 0 Å². The SMILES string of the molecule is CCCNC(=O)[C@H](C)NC(=O)CN1C(=O)Cc2ccccc2C1=O. The van der Waals surface area contributed by atoms with Gasteiger partial charge < -0.3 is 10.6 Å². The minimum Gasteiger partial charge on any atom is -0.354 e. The summed E-state index contributed by atoms with van der Waals surface area (Å²) in [6, 6.07) is 6.10. The monoisotopic (exact) mass is 331 g/mol. The second-order valence-corrected chi connectivity index (χ2v) is 5.70. The molecule has 2 rings (SSSR count). The van der Waals surface area contributed by atoms with E-state index in [1.165, 1.54) is 0 Å². The van der Waals surface area contributed by atoms with Crippen molar-refractivity contribution in [3.63, 3.8) is 0 Å². The molecule has 0 spiro atoms. The van der Waals surface area contributed by atoms with Gasteiger partial charge in [0.2, 0.25) is 17.7 Å². The largest absolute Gasteiger partial charge is 0.354 e. The molecule has 0 fully saturated rings. The molecule has 1 atom stereocenters. The molecule has 0 saturated carbocycles. The molecule has 7 nitrogen and oxygen atoms in total. The quantitative estimate of drug-likeness (QED) is 0.730. The Morgan fingerprint density at radius 1 is 1.25 bits per heavy atom. The number of fused-ring (bicyclic) bond motifs is 1. The zero-order valence-electron chi connectivity index (χ0n) is 13.8. The van der Waals surface area contributed by atoms with Crippen molar-refractivity contribution in [2.75, 3.05) is 13.1 Å². The van der Waals surface area contributed by atoms with E-state index in [0.717, 1.165) is 11.3 Å². The van der Waals surface area contributed by atoms with E-state index in [9.17, 15) is 19.2 Å². The highest BCUT2D eigenvalue weighted by Gasteiger charge is 2.32. The second kappa shape index (κ2) is 7.72. The van der Waals surface area contributed by atoms with Crippen LogP contribution in [0.2, 0.25) is 0 Å². The fourth-order valence-corrected chi connectivity index (χ4v) is 2.46. The molecular weight excluding hydrogens is 310 g/mol. The lowest BCUT2D eigenvalue weighted by Crippen LogP contribution is -2.51. The lowest BCUT2D eigenvalue weighted by Gasteiger charge is -2.26. The fourth-order valence-electron chi connectivity index (χ4n) is 2.46. The molecule has 0 bridgehead atoms. The van der Waals surface area contributed by atoms with Crippen molar-refractivity contribution in [1.29, 1.82) is 0 Å². The number of nitrogens with one attached hydrogen (secondary N) is 2. The van der Waals surface area contributed by atoms with Crippen LogP contribution in [0.15, 0.2) is 24.3 Å². The van der Waals surface area contributed by atoms with Gasteiger partial charge in [0.05, 0.1) is 6.42 Å². The number of carbonyl (C=O) groups excluding carboxylic acids is 4. The number of amides is 4. The predicted molar refractivity (Wildman–Crippen MR) is 87.1 cm³/mol. The van der Waals surface area contributed by atoms with E-state index in [2.05, 4.69) is 10.6 Å². The molecule has 0 aromatic heterocycles. The van der Waals surface area contributed by atoms with Gasteiger partial charge in [-0.25, -0.2) is 0 Å². The topological polar surface area (TPSA) is 95.6 Å². The van der Waals surface area contributed by atoms with Crippen LogP contribution in [-0.2, 0) is 20.8 Å². The van der Waals surface area contributed by atoms with Gasteiger partial charge in [-0.2, -0.15) is 0 Å². The number of rotatable bonds is 6. The van der Waals surface area contributed by atoms with Crippen LogP contribution >= 0.6 is 0 Å². The van der Waals surface area contributed by atoms with E-state index in [0.29, 0.717) is 17.7 Å². The molecule has 2 N–H and O–H groups in total. The van der Waals surface area contributed by atoms with Gasteiger partial charge in [0.15, 0.2) is 0 Å². The molecule has 1 heterocycles. The summed E-state index contributed by atoms with van der Waals surface area (Å²) in [5.41, 5.74) is 1.09. The smallest absolute Gasteiger partial charge is 0.261 e. The Kier molecular flexibility index (Phi) is 5.68. The maximum atomic E-state index is 12.4. The summed E-state index contributed by atoms with van der Waals surface area (Å²) in [6.07, 6.45) is 0.879. The van der Waals surface area contributed by atoms with Gasteiger partial charge >= 0.3 is 0 Å². The molecular formula is C17H21N3O4. The number of benzene rings is 1. The van der Waals surface area contributed by atoms with Crippen LogP contribution in [0.1, 0.15) is 36.2 Å². The average Bonchev–Trinajstić information content (AvgIpc) is 2.56. The zero-order valence-corrected chi connectivity index (χ0v) is 13.8. The summed E-state index contributed by atoms with van der Waals surface area (Å²) in [5.74, 6) is -1.75. The summed E-state index contributed by atoms with van der Waals surface area (Å²) in [6.45, 7) is 3.61. The molecule has 128 valence electrons. The molecule has 0 saturated heterocycles. The van der Waals surface area contributed by atoms with Gasteiger partial charge in [-0.3, -0.25) is 24.1 Å². The van der Waals surface area contributed by atoms with E-state index < -0.39 is 30.3 Å². The minimum atomic E-state index is -0.730. The molecule has 0 radical (unpaired) electrons. The average molecular weight is 331 g/mol. The number of imide groups is 1. The van der Waals surface area contributed by atoms with Crippen molar-refractivity contribution < 1.29 is 19.2 Å². The van der Waals surface area contributed by atoms with Crippen molar-refractivity contribution in [2.45, 2.75) is 32.7 Å². The molecule has 7 heteroatoms. The summed E-state index contributed by atoms with van der Waals surface area (Å²) in [5, 5.41) is 5.17. The molecule has 1 aromatic rings. The van der Waals surface area contributed by atoms with Crippen LogP contribution in [0.3, 0.4) is 0 Å². The van der Waals surface area contributed by atoms with Gasteiger partial charge in [-0.05, 0) is 25.0 Å². The van der Waals surface area contributed by atoms with Crippen molar-refractivity contribution in [3.05, 3.63) is 35.4 Å². The third-order valence-corrected chi connectivity index (χ3v) is 3.76. The Morgan fingerprint density at radius 2 is 1.96 bits per heavy atom. The molecule has 0 aliphatic carbocycles. The Labute approximate surface area is 140 Å². The molecule has 4 amide bonds.